The summed E-state index contributed by atoms with van der Waals surface area (Å²) in [6, 6.07) is 0. The molecule has 1 aliphatic heterocycles. The van der Waals surface area contributed by atoms with E-state index in [0.717, 1.165) is 0 Å². The van der Waals surface area contributed by atoms with Crippen LogP contribution >= 0.6 is 7.55 Å². The van der Waals surface area contributed by atoms with Gasteiger partial charge in [-0.1, -0.05) is 20.8 Å². The average Bonchev–Trinajstić information content (AvgIpc) is 2.07. The minimum absolute atomic E-state index is 0.150. The lowest BCUT2D eigenvalue weighted by molar-refractivity contribution is -0.162. The number of hydrogen-bond donors (Lipinski definition) is 1. The minimum Gasteiger partial charge on any atom is -0.458 e. The fourth-order valence-electron chi connectivity index (χ4n) is 1.49. The number of hydrogen-bond acceptors (Lipinski definition) is 3. The predicted molar refractivity (Wildman–Crippen MR) is 65.7 cm³/mol. The Bertz CT molecular complexity index is 295. The molecule has 0 saturated carbocycles. The largest absolute Gasteiger partial charge is 0.458 e. The van der Waals surface area contributed by atoms with E-state index in [1.54, 1.807) is 0 Å². The van der Waals surface area contributed by atoms with Crippen LogP contribution in [0.4, 0.5) is 0 Å². The highest BCUT2D eigenvalue weighted by Crippen LogP contribution is 2.37. The van der Waals surface area contributed by atoms with Crippen LogP contribution in [0.5, 0.6) is 0 Å². The van der Waals surface area contributed by atoms with Crippen LogP contribution in [0.2, 0.25) is 0 Å². The Morgan fingerprint density at radius 2 is 2.13 bits per heavy atom. The van der Waals surface area contributed by atoms with E-state index in [9.17, 15) is 4.79 Å². The highest BCUT2D eigenvalue weighted by molar-refractivity contribution is 7.55. The van der Waals surface area contributed by atoms with Crippen molar-refractivity contribution < 1.29 is 9.53 Å². The second kappa shape index (κ2) is 3.88. The van der Waals surface area contributed by atoms with Crippen LogP contribution < -0.4 is 5.32 Å². The highest BCUT2D eigenvalue weighted by atomic mass is 31.1. The first-order valence-corrected chi connectivity index (χ1v) is 7.21. The van der Waals surface area contributed by atoms with Crippen LogP contribution in [0, 0.1) is 5.41 Å². The zero-order chi connectivity index (χ0) is 11.9. The summed E-state index contributed by atoms with van der Waals surface area (Å²) in [5.41, 5.74) is -0.766. The van der Waals surface area contributed by atoms with Crippen molar-refractivity contribution in [1.82, 2.24) is 5.32 Å². The van der Waals surface area contributed by atoms with Crippen LogP contribution in [0.15, 0.2) is 0 Å². The van der Waals surface area contributed by atoms with Gasteiger partial charge in [-0.15, -0.1) is 0 Å². The van der Waals surface area contributed by atoms with Gasteiger partial charge in [-0.2, -0.15) is 0 Å². The molecule has 0 aliphatic carbocycles. The molecule has 4 heteroatoms. The first kappa shape index (κ1) is 12.7. The normalized spacial score (nSPS) is 33.5. The number of morpholine rings is 1. The maximum Gasteiger partial charge on any atom is 0.326 e. The summed E-state index contributed by atoms with van der Waals surface area (Å²) in [6.45, 7) is 10.6. The van der Waals surface area contributed by atoms with E-state index >= 15 is 0 Å². The first-order chi connectivity index (χ1) is 6.68. The Labute approximate surface area is 93.0 Å². The Morgan fingerprint density at radius 1 is 1.60 bits per heavy atom. The molecule has 86 valence electrons. The molecule has 0 spiro atoms. The molecule has 3 atom stereocenters. The maximum absolute atomic E-state index is 11.8. The van der Waals surface area contributed by atoms with Crippen LogP contribution in [-0.2, 0) is 9.53 Å². The Hall–Kier alpha value is -0.400. The fraction of sp³-hybridized carbons (Fsp3) is 0.818. The topological polar surface area (TPSA) is 38.3 Å². The second-order valence-electron chi connectivity index (χ2n) is 5.39. The van der Waals surface area contributed by atoms with E-state index in [4.69, 9.17) is 4.74 Å². The lowest BCUT2D eigenvalue weighted by Crippen LogP contribution is -2.65. The molecule has 1 saturated heterocycles. The van der Waals surface area contributed by atoms with Gasteiger partial charge in [0.2, 0.25) is 5.78 Å². The molecule has 0 aromatic rings. The quantitative estimate of drug-likeness (QED) is 0.551. The van der Waals surface area contributed by atoms with Crippen molar-refractivity contribution in [2.45, 2.75) is 39.0 Å². The fourth-order valence-corrected chi connectivity index (χ4v) is 2.30. The maximum atomic E-state index is 11.8. The van der Waals surface area contributed by atoms with Crippen molar-refractivity contribution in [3.63, 3.8) is 0 Å². The second-order valence-corrected chi connectivity index (χ2v) is 7.53. The molecule has 0 bridgehead atoms. The molecular formula is C11H21NO2P+. The number of carbonyl (C=O) groups excluding carboxylic acids is 1. The van der Waals surface area contributed by atoms with Gasteiger partial charge in [-0.05, 0) is 12.3 Å². The van der Waals surface area contributed by atoms with Crippen molar-refractivity contribution in [2.75, 3.05) is 13.3 Å². The third kappa shape index (κ3) is 2.24. The van der Waals surface area contributed by atoms with Gasteiger partial charge in [-0.25, -0.2) is 0 Å². The average molecular weight is 230 g/mol. The van der Waals surface area contributed by atoms with Gasteiger partial charge >= 0.3 is 5.97 Å². The van der Waals surface area contributed by atoms with Gasteiger partial charge in [-0.3, -0.25) is 10.1 Å². The molecule has 0 radical (unpaired) electrons. The molecule has 1 heterocycles. The molecule has 1 N–H and O–H groups in total. The van der Waals surface area contributed by atoms with Crippen LogP contribution in [0.25, 0.3) is 0 Å². The van der Waals surface area contributed by atoms with Gasteiger partial charge in [0.25, 0.3) is 0 Å². The number of nitrogens with one attached hydrogen (secondary N) is 1. The number of carbonyl (C=O) groups is 1. The third-order valence-corrected chi connectivity index (χ3v) is 4.61. The highest BCUT2D eigenvalue weighted by Gasteiger charge is 2.51. The van der Waals surface area contributed by atoms with E-state index in [-0.39, 0.29) is 24.7 Å². The monoisotopic (exact) mass is 230 g/mol. The number of ether oxygens (including phenoxy) is 1. The lowest BCUT2D eigenvalue weighted by Gasteiger charge is -2.43. The molecule has 0 aromatic carbocycles. The Balaban J connectivity index is 2.96. The van der Waals surface area contributed by atoms with Crippen molar-refractivity contribution in [3.05, 3.63) is 0 Å². The molecule has 3 unspecified atom stereocenters. The van der Waals surface area contributed by atoms with E-state index in [1.165, 1.54) is 0 Å². The standard InChI is InChI=1S/C11H21NO2P/c1-10(2,3)11(4)9(13)14-7-8(12-11)15(5)6/h8,12H,5,7H2,1-4,6H3/q+1. The van der Waals surface area contributed by atoms with Crippen molar-refractivity contribution >= 4 is 19.8 Å². The van der Waals surface area contributed by atoms with Crippen molar-refractivity contribution in [2.24, 2.45) is 5.41 Å². The number of esters is 1. The van der Waals surface area contributed by atoms with Crippen LogP contribution in [0.3, 0.4) is 0 Å². The molecule has 15 heavy (non-hydrogen) atoms. The number of cyclic esters (lactones) is 1. The van der Waals surface area contributed by atoms with E-state index in [0.29, 0.717) is 6.61 Å². The summed E-state index contributed by atoms with van der Waals surface area (Å²) < 4.78 is 5.27. The zero-order valence-corrected chi connectivity index (χ0v) is 11.1. The first-order valence-electron chi connectivity index (χ1n) is 5.17. The van der Waals surface area contributed by atoms with Gasteiger partial charge in [0, 0.05) is 0 Å². The predicted octanol–water partition coefficient (Wildman–Crippen LogP) is 1.81. The van der Waals surface area contributed by atoms with E-state index in [1.807, 2.05) is 27.7 Å². The summed E-state index contributed by atoms with van der Waals surface area (Å²) in [7, 11) is -0.382. The smallest absolute Gasteiger partial charge is 0.326 e. The summed E-state index contributed by atoms with van der Waals surface area (Å²) in [4.78, 5) is 11.8. The van der Waals surface area contributed by atoms with Gasteiger partial charge < -0.3 is 4.74 Å². The Morgan fingerprint density at radius 3 is 2.53 bits per heavy atom. The molecule has 1 fully saturated rings. The zero-order valence-electron chi connectivity index (χ0n) is 10.3. The molecule has 0 aromatic heterocycles. The molecule has 3 nitrogen and oxygen atoms in total. The van der Waals surface area contributed by atoms with Crippen molar-refractivity contribution in [3.8, 4) is 0 Å². The summed E-state index contributed by atoms with van der Waals surface area (Å²) in [5, 5.41) is 3.41. The number of rotatable bonds is 1. The van der Waals surface area contributed by atoms with Gasteiger partial charge in [0.1, 0.15) is 19.7 Å². The molecular weight excluding hydrogens is 209 g/mol. The Kier molecular flexibility index (Phi) is 3.27. The van der Waals surface area contributed by atoms with Crippen LogP contribution in [-0.4, -0.2) is 36.9 Å². The van der Waals surface area contributed by atoms with E-state index < -0.39 is 5.54 Å². The SMILES string of the molecule is C=[P+](C)C1COC(=O)C(C)(C(C)(C)C)N1. The van der Waals surface area contributed by atoms with Crippen molar-refractivity contribution in [1.29, 1.82) is 0 Å². The molecule has 0 amide bonds. The van der Waals surface area contributed by atoms with Crippen LogP contribution in [0.1, 0.15) is 27.7 Å². The summed E-state index contributed by atoms with van der Waals surface area (Å²) in [5.74, 6) is 0.0602. The summed E-state index contributed by atoms with van der Waals surface area (Å²) in [6.07, 6.45) is 4.05. The summed E-state index contributed by atoms with van der Waals surface area (Å²) >= 11 is 0. The van der Waals surface area contributed by atoms with Gasteiger partial charge in [0.05, 0.1) is 13.0 Å². The minimum atomic E-state index is -0.607. The molecule has 1 rings (SSSR count). The third-order valence-electron chi connectivity index (χ3n) is 3.27. The van der Waals surface area contributed by atoms with Gasteiger partial charge in [0.15, 0.2) is 0 Å². The lowest BCUT2D eigenvalue weighted by atomic mass is 9.74. The van der Waals surface area contributed by atoms with E-state index in [2.05, 4.69) is 18.3 Å². The molecule has 1 aliphatic rings.